The lowest BCUT2D eigenvalue weighted by Crippen LogP contribution is -2.49. The van der Waals surface area contributed by atoms with Gasteiger partial charge in [-0.3, -0.25) is 4.79 Å². The highest BCUT2D eigenvalue weighted by Gasteiger charge is 2.21. The number of hydrogen-bond donors (Lipinski definition) is 1. The highest BCUT2D eigenvalue weighted by Crippen LogP contribution is 2.18. The van der Waals surface area contributed by atoms with Gasteiger partial charge in [-0.05, 0) is 25.0 Å². The van der Waals surface area contributed by atoms with Gasteiger partial charge in [-0.15, -0.1) is 0 Å². The normalized spacial score (nSPS) is 19.6. The van der Waals surface area contributed by atoms with Crippen molar-refractivity contribution < 1.29 is 4.79 Å². The van der Waals surface area contributed by atoms with Gasteiger partial charge in [-0.25, -0.2) is 0 Å². The Balaban J connectivity index is 1.38. The van der Waals surface area contributed by atoms with E-state index in [1.165, 1.54) is 31.4 Å². The summed E-state index contributed by atoms with van der Waals surface area (Å²) in [5.74, 6) is 0.304. The first-order valence-electron chi connectivity index (χ1n) is 8.64. The highest BCUT2D eigenvalue weighted by molar-refractivity contribution is 5.76. The van der Waals surface area contributed by atoms with E-state index >= 15 is 0 Å². The summed E-state index contributed by atoms with van der Waals surface area (Å²) in [6, 6.07) is 11.1. The van der Waals surface area contributed by atoms with Crippen LogP contribution >= 0.6 is 0 Å². The average Bonchev–Trinajstić information content (AvgIpc) is 3.09. The van der Waals surface area contributed by atoms with Crippen molar-refractivity contribution in [3.05, 3.63) is 30.3 Å². The highest BCUT2D eigenvalue weighted by atomic mass is 16.2. The van der Waals surface area contributed by atoms with Gasteiger partial charge in [0.1, 0.15) is 0 Å². The molecule has 4 nitrogen and oxygen atoms in total. The van der Waals surface area contributed by atoms with Gasteiger partial charge in [0.05, 0.1) is 0 Å². The predicted molar refractivity (Wildman–Crippen MR) is 90.1 cm³/mol. The third-order valence-corrected chi connectivity index (χ3v) is 4.88. The van der Waals surface area contributed by atoms with E-state index in [1.54, 1.807) is 0 Å². The van der Waals surface area contributed by atoms with Crippen LogP contribution in [0.25, 0.3) is 0 Å². The molecule has 1 saturated heterocycles. The summed E-state index contributed by atoms with van der Waals surface area (Å²) in [7, 11) is 0. The third-order valence-electron chi connectivity index (χ3n) is 4.88. The molecule has 1 aliphatic heterocycles. The third kappa shape index (κ3) is 4.01. The van der Waals surface area contributed by atoms with E-state index in [0.717, 1.165) is 32.7 Å². The van der Waals surface area contributed by atoms with Crippen LogP contribution in [-0.2, 0) is 4.79 Å². The molecule has 120 valence electrons. The average molecular weight is 301 g/mol. The number of nitrogens with one attached hydrogen (secondary N) is 1. The Bertz CT molecular complexity index is 462. The number of hydrogen-bond acceptors (Lipinski definition) is 3. The van der Waals surface area contributed by atoms with Crippen LogP contribution < -0.4 is 10.2 Å². The molecular weight excluding hydrogens is 274 g/mol. The molecular formula is C18H27N3O. The first kappa shape index (κ1) is 15.3. The smallest absolute Gasteiger partial charge is 0.223 e. The summed E-state index contributed by atoms with van der Waals surface area (Å²) in [4.78, 5) is 16.7. The van der Waals surface area contributed by atoms with Gasteiger partial charge in [0.25, 0.3) is 0 Å². The lowest BCUT2D eigenvalue weighted by Gasteiger charge is -2.36. The minimum absolute atomic E-state index is 0.304. The molecule has 1 aromatic rings. The van der Waals surface area contributed by atoms with Crippen molar-refractivity contribution in [2.75, 3.05) is 37.6 Å². The van der Waals surface area contributed by atoms with E-state index in [9.17, 15) is 4.79 Å². The van der Waals surface area contributed by atoms with Crippen LogP contribution in [0.5, 0.6) is 0 Å². The number of anilines is 1. The lowest BCUT2D eigenvalue weighted by molar-refractivity contribution is -0.131. The van der Waals surface area contributed by atoms with Crippen molar-refractivity contribution in [2.24, 2.45) is 0 Å². The van der Waals surface area contributed by atoms with Crippen LogP contribution in [0.3, 0.4) is 0 Å². The molecule has 0 unspecified atom stereocenters. The van der Waals surface area contributed by atoms with Crippen molar-refractivity contribution in [3.8, 4) is 0 Å². The molecule has 0 radical (unpaired) electrons. The fourth-order valence-electron chi connectivity index (χ4n) is 3.52. The van der Waals surface area contributed by atoms with Gasteiger partial charge in [0, 0.05) is 50.9 Å². The molecule has 0 aromatic heterocycles. The number of benzene rings is 1. The minimum atomic E-state index is 0.304. The SMILES string of the molecule is O=C(CCNC1CCCC1)N1CCN(c2ccccc2)CC1. The number of para-hydroxylation sites is 1. The Morgan fingerprint density at radius 3 is 2.41 bits per heavy atom. The van der Waals surface area contributed by atoms with Crippen molar-refractivity contribution in [2.45, 2.75) is 38.1 Å². The molecule has 0 atom stereocenters. The second-order valence-corrected chi connectivity index (χ2v) is 6.39. The number of rotatable bonds is 5. The quantitative estimate of drug-likeness (QED) is 0.906. The summed E-state index contributed by atoms with van der Waals surface area (Å²) < 4.78 is 0. The van der Waals surface area contributed by atoms with Crippen molar-refractivity contribution in [3.63, 3.8) is 0 Å². The molecule has 1 aliphatic carbocycles. The monoisotopic (exact) mass is 301 g/mol. The molecule has 3 rings (SSSR count). The zero-order valence-electron chi connectivity index (χ0n) is 13.3. The van der Waals surface area contributed by atoms with Gasteiger partial charge in [0.2, 0.25) is 5.91 Å². The number of amides is 1. The Hall–Kier alpha value is -1.55. The largest absolute Gasteiger partial charge is 0.368 e. The maximum atomic E-state index is 12.3. The first-order chi connectivity index (χ1) is 10.8. The molecule has 22 heavy (non-hydrogen) atoms. The van der Waals surface area contributed by atoms with E-state index < -0.39 is 0 Å². The Kier molecular flexibility index (Phi) is 5.33. The van der Waals surface area contributed by atoms with Crippen molar-refractivity contribution in [1.29, 1.82) is 0 Å². The van der Waals surface area contributed by atoms with E-state index in [2.05, 4.69) is 34.5 Å². The standard InChI is InChI=1S/C18H27N3O/c22-18(10-11-19-16-6-4-5-7-16)21-14-12-20(13-15-21)17-8-2-1-3-9-17/h1-3,8-9,16,19H,4-7,10-15H2. The summed E-state index contributed by atoms with van der Waals surface area (Å²) in [5.41, 5.74) is 1.26. The second kappa shape index (κ2) is 7.63. The number of carbonyl (C=O) groups is 1. The van der Waals surface area contributed by atoms with Gasteiger partial charge >= 0.3 is 0 Å². The van der Waals surface area contributed by atoms with Gasteiger partial charge in [-0.2, -0.15) is 0 Å². The van der Waals surface area contributed by atoms with Crippen molar-refractivity contribution >= 4 is 11.6 Å². The Morgan fingerprint density at radius 2 is 1.73 bits per heavy atom. The van der Waals surface area contributed by atoms with E-state index in [0.29, 0.717) is 18.4 Å². The summed E-state index contributed by atoms with van der Waals surface area (Å²) in [5, 5.41) is 3.53. The summed E-state index contributed by atoms with van der Waals surface area (Å²) in [6.45, 7) is 4.40. The molecule has 1 heterocycles. The van der Waals surface area contributed by atoms with Crippen LogP contribution in [0.1, 0.15) is 32.1 Å². The molecule has 1 amide bonds. The van der Waals surface area contributed by atoms with Gasteiger partial charge in [0.15, 0.2) is 0 Å². The van der Waals surface area contributed by atoms with E-state index in [-0.39, 0.29) is 0 Å². The van der Waals surface area contributed by atoms with E-state index in [4.69, 9.17) is 0 Å². The number of carbonyl (C=O) groups excluding carboxylic acids is 1. The summed E-state index contributed by atoms with van der Waals surface area (Å²) >= 11 is 0. The van der Waals surface area contributed by atoms with Crippen LogP contribution in [0.4, 0.5) is 5.69 Å². The lowest BCUT2D eigenvalue weighted by atomic mass is 10.2. The Morgan fingerprint density at radius 1 is 1.05 bits per heavy atom. The second-order valence-electron chi connectivity index (χ2n) is 6.39. The minimum Gasteiger partial charge on any atom is -0.368 e. The predicted octanol–water partition coefficient (Wildman–Crippen LogP) is 2.26. The molecule has 2 fully saturated rings. The molecule has 1 saturated carbocycles. The fraction of sp³-hybridized carbons (Fsp3) is 0.611. The van der Waals surface area contributed by atoms with Gasteiger partial charge in [-0.1, -0.05) is 31.0 Å². The number of piperazine rings is 1. The zero-order chi connectivity index (χ0) is 15.2. The molecule has 0 spiro atoms. The van der Waals surface area contributed by atoms with E-state index in [1.807, 2.05) is 11.0 Å². The molecule has 0 bridgehead atoms. The molecule has 4 heteroatoms. The van der Waals surface area contributed by atoms with Crippen LogP contribution in [0.2, 0.25) is 0 Å². The topological polar surface area (TPSA) is 35.6 Å². The van der Waals surface area contributed by atoms with Gasteiger partial charge < -0.3 is 15.1 Å². The van der Waals surface area contributed by atoms with Crippen molar-refractivity contribution in [1.82, 2.24) is 10.2 Å². The number of nitrogens with zero attached hydrogens (tertiary/aromatic N) is 2. The maximum Gasteiger partial charge on any atom is 0.223 e. The fourth-order valence-corrected chi connectivity index (χ4v) is 3.52. The van der Waals surface area contributed by atoms with Crippen LogP contribution in [0, 0.1) is 0 Å². The molecule has 1 N–H and O–H groups in total. The molecule has 2 aliphatic rings. The summed E-state index contributed by atoms with van der Waals surface area (Å²) in [6.07, 6.45) is 5.88. The van der Waals surface area contributed by atoms with Crippen LogP contribution in [-0.4, -0.2) is 49.6 Å². The molecule has 1 aromatic carbocycles. The Labute approximate surface area is 133 Å². The first-order valence-corrected chi connectivity index (χ1v) is 8.64. The maximum absolute atomic E-state index is 12.3. The van der Waals surface area contributed by atoms with Crippen LogP contribution in [0.15, 0.2) is 30.3 Å². The zero-order valence-corrected chi connectivity index (χ0v) is 13.3.